The third-order valence-electron chi connectivity index (χ3n) is 5.72. The summed E-state index contributed by atoms with van der Waals surface area (Å²) in [5.41, 5.74) is 1.15. The average Bonchev–Trinajstić information content (AvgIpc) is 3.17. The highest BCUT2D eigenvalue weighted by Gasteiger charge is 2.30. The largest absolute Gasteiger partial charge is 0.342 e. The summed E-state index contributed by atoms with van der Waals surface area (Å²) >= 11 is 0. The highest BCUT2D eigenvalue weighted by molar-refractivity contribution is 5.79. The van der Waals surface area contributed by atoms with Gasteiger partial charge >= 0.3 is 0 Å². The second-order valence-corrected chi connectivity index (χ2v) is 7.48. The topological polar surface area (TPSA) is 73.9 Å². The number of carbonyl (C=O) groups is 1. The molecule has 0 radical (unpaired) electrons. The molecule has 1 aliphatic carbocycles. The predicted octanol–water partition coefficient (Wildman–Crippen LogP) is 3.83. The zero-order chi connectivity index (χ0) is 17.8. The van der Waals surface area contributed by atoms with Crippen molar-refractivity contribution < 1.29 is 4.79 Å². The van der Waals surface area contributed by atoms with Gasteiger partial charge in [-0.3, -0.25) is 9.89 Å². The number of aromatic nitrogens is 3. The van der Waals surface area contributed by atoms with Crippen LogP contribution in [0.25, 0.3) is 0 Å². The number of anilines is 2. The van der Waals surface area contributed by atoms with Gasteiger partial charge in [-0.05, 0) is 37.8 Å². The number of piperidine rings is 1. The Labute approximate surface area is 154 Å². The fourth-order valence-electron chi connectivity index (χ4n) is 4.20. The van der Waals surface area contributed by atoms with E-state index in [4.69, 9.17) is 0 Å². The molecule has 6 nitrogen and oxygen atoms in total. The van der Waals surface area contributed by atoms with Crippen LogP contribution in [-0.2, 0) is 4.79 Å². The Kier molecular flexibility index (Phi) is 5.18. The van der Waals surface area contributed by atoms with Crippen molar-refractivity contribution in [2.24, 2.45) is 5.92 Å². The van der Waals surface area contributed by atoms with E-state index in [1.165, 1.54) is 19.3 Å². The maximum atomic E-state index is 12.7. The molecule has 1 saturated heterocycles. The zero-order valence-corrected chi connectivity index (χ0v) is 15.2. The molecule has 0 atom stereocenters. The summed E-state index contributed by atoms with van der Waals surface area (Å²) in [5.74, 6) is 2.70. The molecule has 1 saturated carbocycles. The smallest absolute Gasteiger partial charge is 0.225 e. The molecule has 3 heterocycles. The molecule has 1 amide bonds. The Hall–Kier alpha value is -2.37. The first-order valence-electron chi connectivity index (χ1n) is 9.82. The molecule has 138 valence electrons. The van der Waals surface area contributed by atoms with Gasteiger partial charge in [-0.2, -0.15) is 5.10 Å². The van der Waals surface area contributed by atoms with E-state index in [2.05, 4.69) is 31.5 Å². The summed E-state index contributed by atoms with van der Waals surface area (Å²) in [6.07, 6.45) is 9.66. The number of H-pyrrole nitrogens is 1. The molecule has 4 rings (SSSR count). The summed E-state index contributed by atoms with van der Waals surface area (Å²) < 4.78 is 0. The zero-order valence-electron chi connectivity index (χ0n) is 15.2. The van der Waals surface area contributed by atoms with Gasteiger partial charge in [0.15, 0.2) is 5.82 Å². The molecule has 1 aliphatic heterocycles. The van der Waals surface area contributed by atoms with Gasteiger partial charge in [-0.25, -0.2) is 4.98 Å². The molecule has 26 heavy (non-hydrogen) atoms. The van der Waals surface area contributed by atoms with Crippen LogP contribution in [0.15, 0.2) is 30.5 Å². The molecule has 2 fully saturated rings. The van der Waals surface area contributed by atoms with Crippen molar-refractivity contribution >= 4 is 17.5 Å². The van der Waals surface area contributed by atoms with Crippen LogP contribution < -0.4 is 5.32 Å². The number of amides is 1. The van der Waals surface area contributed by atoms with Crippen molar-refractivity contribution in [1.29, 1.82) is 0 Å². The lowest BCUT2D eigenvalue weighted by molar-refractivity contribution is -0.137. The van der Waals surface area contributed by atoms with Crippen molar-refractivity contribution in [1.82, 2.24) is 20.1 Å². The molecule has 0 spiro atoms. The first kappa shape index (κ1) is 17.1. The standard InChI is InChI=1S/C20H27N5O/c26-20(16-6-2-1-3-7-16)25-12-9-15(10-13-25)17-14-19(24-23-17)22-18-8-4-5-11-21-18/h4-5,8,11,14-16H,1-3,6-7,9-10,12-13H2,(H2,21,22,23,24). The molecule has 0 bridgehead atoms. The quantitative estimate of drug-likeness (QED) is 0.876. The summed E-state index contributed by atoms with van der Waals surface area (Å²) in [6.45, 7) is 1.73. The molecule has 2 N–H and O–H groups in total. The van der Waals surface area contributed by atoms with Gasteiger partial charge in [0.1, 0.15) is 5.82 Å². The van der Waals surface area contributed by atoms with Crippen molar-refractivity contribution in [3.05, 3.63) is 36.2 Å². The third kappa shape index (κ3) is 3.89. The van der Waals surface area contributed by atoms with E-state index in [0.29, 0.717) is 11.8 Å². The Morgan fingerprint density at radius 2 is 1.88 bits per heavy atom. The molecule has 2 aromatic rings. The lowest BCUT2D eigenvalue weighted by Gasteiger charge is -2.34. The van der Waals surface area contributed by atoms with Gasteiger partial charge in [0.25, 0.3) is 0 Å². The van der Waals surface area contributed by atoms with Gasteiger partial charge < -0.3 is 10.2 Å². The number of nitrogens with zero attached hydrogens (tertiary/aromatic N) is 3. The van der Waals surface area contributed by atoms with Crippen LogP contribution in [0.5, 0.6) is 0 Å². The number of nitrogens with one attached hydrogen (secondary N) is 2. The monoisotopic (exact) mass is 353 g/mol. The molecule has 0 aromatic carbocycles. The lowest BCUT2D eigenvalue weighted by atomic mass is 9.87. The first-order valence-corrected chi connectivity index (χ1v) is 9.82. The van der Waals surface area contributed by atoms with E-state index in [0.717, 1.165) is 56.1 Å². The number of carbonyl (C=O) groups excluding carboxylic acids is 1. The SMILES string of the molecule is O=C(C1CCCCC1)N1CCC(c2cc(Nc3ccccn3)n[nH]2)CC1. The Bertz CT molecular complexity index is 715. The fourth-order valence-corrected chi connectivity index (χ4v) is 4.20. The highest BCUT2D eigenvalue weighted by atomic mass is 16.2. The molecular formula is C20H27N5O. The third-order valence-corrected chi connectivity index (χ3v) is 5.72. The van der Waals surface area contributed by atoms with E-state index in [9.17, 15) is 4.79 Å². The van der Waals surface area contributed by atoms with E-state index < -0.39 is 0 Å². The lowest BCUT2D eigenvalue weighted by Crippen LogP contribution is -2.41. The molecule has 0 unspecified atom stereocenters. The molecule has 6 heteroatoms. The number of aromatic amines is 1. The fraction of sp³-hybridized carbons (Fsp3) is 0.550. The number of rotatable bonds is 4. The Morgan fingerprint density at radius 3 is 2.62 bits per heavy atom. The summed E-state index contributed by atoms with van der Waals surface area (Å²) in [7, 11) is 0. The van der Waals surface area contributed by atoms with Gasteiger partial charge in [0.05, 0.1) is 0 Å². The second-order valence-electron chi connectivity index (χ2n) is 7.48. The second kappa shape index (κ2) is 7.89. The Morgan fingerprint density at radius 1 is 1.08 bits per heavy atom. The number of hydrogen-bond donors (Lipinski definition) is 2. The maximum Gasteiger partial charge on any atom is 0.225 e. The van der Waals surface area contributed by atoms with Crippen LogP contribution in [0, 0.1) is 5.92 Å². The van der Waals surface area contributed by atoms with Gasteiger partial charge in [0, 0.05) is 42.9 Å². The van der Waals surface area contributed by atoms with E-state index in [1.54, 1.807) is 6.20 Å². The van der Waals surface area contributed by atoms with Crippen molar-refractivity contribution in [3.8, 4) is 0 Å². The van der Waals surface area contributed by atoms with Gasteiger partial charge in [-0.1, -0.05) is 25.3 Å². The van der Waals surface area contributed by atoms with Gasteiger partial charge in [0.2, 0.25) is 5.91 Å². The molecule has 2 aromatic heterocycles. The van der Waals surface area contributed by atoms with Crippen LogP contribution >= 0.6 is 0 Å². The van der Waals surface area contributed by atoms with Crippen LogP contribution in [0.4, 0.5) is 11.6 Å². The predicted molar refractivity (Wildman–Crippen MR) is 101 cm³/mol. The van der Waals surface area contributed by atoms with Crippen molar-refractivity contribution in [2.45, 2.75) is 50.9 Å². The first-order chi connectivity index (χ1) is 12.8. The number of likely N-dealkylation sites (tertiary alicyclic amines) is 1. The number of hydrogen-bond acceptors (Lipinski definition) is 4. The molecular weight excluding hydrogens is 326 g/mol. The minimum atomic E-state index is 0.279. The number of pyridine rings is 1. The summed E-state index contributed by atoms with van der Waals surface area (Å²) in [4.78, 5) is 19.0. The maximum absolute atomic E-state index is 12.7. The average molecular weight is 353 g/mol. The normalized spacial score (nSPS) is 19.5. The van der Waals surface area contributed by atoms with E-state index in [1.807, 2.05) is 18.2 Å². The minimum Gasteiger partial charge on any atom is -0.342 e. The van der Waals surface area contributed by atoms with Crippen LogP contribution in [0.1, 0.15) is 56.6 Å². The van der Waals surface area contributed by atoms with E-state index >= 15 is 0 Å². The highest BCUT2D eigenvalue weighted by Crippen LogP contribution is 2.31. The Balaban J connectivity index is 1.31. The summed E-state index contributed by atoms with van der Waals surface area (Å²) in [6, 6.07) is 7.83. The van der Waals surface area contributed by atoms with Crippen molar-refractivity contribution in [3.63, 3.8) is 0 Å². The van der Waals surface area contributed by atoms with Crippen LogP contribution in [0.3, 0.4) is 0 Å². The summed E-state index contributed by atoms with van der Waals surface area (Å²) in [5, 5.41) is 10.7. The van der Waals surface area contributed by atoms with Gasteiger partial charge in [-0.15, -0.1) is 0 Å². The van der Waals surface area contributed by atoms with Crippen molar-refractivity contribution in [2.75, 3.05) is 18.4 Å². The van der Waals surface area contributed by atoms with Crippen LogP contribution in [-0.4, -0.2) is 39.1 Å². The van der Waals surface area contributed by atoms with E-state index in [-0.39, 0.29) is 5.92 Å². The van der Waals surface area contributed by atoms with Crippen LogP contribution in [0.2, 0.25) is 0 Å². The molecule has 2 aliphatic rings. The minimum absolute atomic E-state index is 0.279.